The molecule has 0 aliphatic heterocycles. The Morgan fingerprint density at radius 1 is 1.15 bits per heavy atom. The first kappa shape index (κ1) is 9.98. The van der Waals surface area contributed by atoms with E-state index in [1.807, 2.05) is 0 Å². The summed E-state index contributed by atoms with van der Waals surface area (Å²) in [4.78, 5) is 0. The van der Waals surface area contributed by atoms with E-state index in [0.717, 1.165) is 12.1 Å². The average Bonchev–Trinajstić information content (AvgIpc) is 1.98. The number of anilines is 2. The lowest BCUT2D eigenvalue weighted by atomic mass is 10.1. The zero-order valence-electron chi connectivity index (χ0n) is 6.32. The molecule has 0 fully saturated rings. The number of alkyl halides is 3. The van der Waals surface area contributed by atoms with E-state index < -0.39 is 16.8 Å². The maximum absolute atomic E-state index is 12.2. The quantitative estimate of drug-likeness (QED) is 0.647. The second-order valence-electron chi connectivity index (χ2n) is 2.43. The van der Waals surface area contributed by atoms with Crippen molar-refractivity contribution in [2.45, 2.75) is 6.18 Å². The number of nitrogens with two attached hydrogens (primary N) is 2. The molecule has 0 bridgehead atoms. The predicted octanol–water partition coefficient (Wildman–Crippen LogP) is 2.52. The van der Waals surface area contributed by atoms with Crippen molar-refractivity contribution in [3.63, 3.8) is 0 Å². The molecule has 0 heterocycles. The number of halogens is 4. The lowest BCUT2D eigenvalue weighted by molar-refractivity contribution is -0.137. The van der Waals surface area contributed by atoms with Crippen LogP contribution >= 0.6 is 11.6 Å². The highest BCUT2D eigenvalue weighted by Gasteiger charge is 2.34. The summed E-state index contributed by atoms with van der Waals surface area (Å²) in [5, 5.41) is -0.549. The van der Waals surface area contributed by atoms with Crippen LogP contribution in [0.5, 0.6) is 0 Å². The van der Waals surface area contributed by atoms with Crippen LogP contribution in [0.3, 0.4) is 0 Å². The number of nitrogen functional groups attached to an aromatic ring is 2. The van der Waals surface area contributed by atoms with Crippen molar-refractivity contribution in [2.24, 2.45) is 0 Å². The molecule has 0 saturated heterocycles. The summed E-state index contributed by atoms with van der Waals surface area (Å²) in [5.41, 5.74) is 9.31. The monoisotopic (exact) mass is 210 g/mol. The molecule has 72 valence electrons. The number of hydrogen-bond acceptors (Lipinski definition) is 2. The first-order chi connectivity index (χ1) is 5.84. The summed E-state index contributed by atoms with van der Waals surface area (Å²) >= 11 is 5.36. The molecule has 6 heteroatoms. The Bertz CT molecular complexity index is 335. The van der Waals surface area contributed by atoms with E-state index >= 15 is 0 Å². The van der Waals surface area contributed by atoms with Crippen molar-refractivity contribution in [3.8, 4) is 0 Å². The van der Waals surface area contributed by atoms with E-state index in [2.05, 4.69) is 0 Å². The van der Waals surface area contributed by atoms with Crippen LogP contribution < -0.4 is 11.5 Å². The fourth-order valence-electron chi connectivity index (χ4n) is 0.827. The lowest BCUT2D eigenvalue weighted by Crippen LogP contribution is -2.08. The molecule has 1 aromatic carbocycles. The van der Waals surface area contributed by atoms with Crippen LogP contribution in [0.2, 0.25) is 5.02 Å². The third-order valence-electron chi connectivity index (χ3n) is 1.52. The Morgan fingerprint density at radius 3 is 2.15 bits per heavy atom. The Balaban J connectivity index is 3.35. The van der Waals surface area contributed by atoms with Gasteiger partial charge in [0.25, 0.3) is 0 Å². The van der Waals surface area contributed by atoms with Crippen LogP contribution in [-0.2, 0) is 6.18 Å². The van der Waals surface area contributed by atoms with Crippen LogP contribution in [0.25, 0.3) is 0 Å². The second kappa shape index (κ2) is 2.99. The topological polar surface area (TPSA) is 52.0 Å². The largest absolute Gasteiger partial charge is 0.417 e. The first-order valence-electron chi connectivity index (χ1n) is 3.24. The Labute approximate surface area is 77.3 Å². The van der Waals surface area contributed by atoms with Gasteiger partial charge in [-0.3, -0.25) is 0 Å². The molecule has 0 aliphatic carbocycles. The van der Waals surface area contributed by atoms with E-state index in [0.29, 0.717) is 0 Å². The van der Waals surface area contributed by atoms with E-state index in [9.17, 15) is 13.2 Å². The summed E-state index contributed by atoms with van der Waals surface area (Å²) in [7, 11) is 0. The van der Waals surface area contributed by atoms with Gasteiger partial charge in [0.1, 0.15) is 0 Å². The van der Waals surface area contributed by atoms with Crippen LogP contribution in [0.1, 0.15) is 5.56 Å². The third-order valence-corrected chi connectivity index (χ3v) is 1.93. The molecular weight excluding hydrogens is 205 g/mol. The Morgan fingerprint density at radius 2 is 1.69 bits per heavy atom. The minimum atomic E-state index is -4.50. The molecule has 2 nitrogen and oxygen atoms in total. The van der Waals surface area contributed by atoms with Gasteiger partial charge in [-0.2, -0.15) is 13.2 Å². The predicted molar refractivity (Wildman–Crippen MR) is 45.3 cm³/mol. The van der Waals surface area contributed by atoms with E-state index in [-0.39, 0.29) is 11.4 Å². The fourth-order valence-corrected chi connectivity index (χ4v) is 1.11. The van der Waals surface area contributed by atoms with Gasteiger partial charge < -0.3 is 11.5 Å². The standard InChI is InChI=1S/C7H6ClF3N2/c8-5-3(7(9,10)11)1-2-4(12)6(5)13/h1-2H,12-13H2. The summed E-state index contributed by atoms with van der Waals surface area (Å²) in [6.07, 6.45) is -4.50. The van der Waals surface area contributed by atoms with Crippen LogP contribution in [0, 0.1) is 0 Å². The maximum atomic E-state index is 12.2. The zero-order chi connectivity index (χ0) is 10.2. The molecule has 0 saturated carbocycles. The molecule has 0 spiro atoms. The molecule has 0 radical (unpaired) electrons. The normalized spacial score (nSPS) is 11.7. The van der Waals surface area contributed by atoms with Gasteiger partial charge in [0.05, 0.1) is 22.0 Å². The summed E-state index contributed by atoms with van der Waals surface area (Å²) < 4.78 is 36.5. The number of rotatable bonds is 0. The van der Waals surface area contributed by atoms with Crippen molar-refractivity contribution in [2.75, 3.05) is 11.5 Å². The van der Waals surface area contributed by atoms with Gasteiger partial charge in [-0.05, 0) is 12.1 Å². The molecule has 1 aromatic rings. The Kier molecular flexibility index (Phi) is 2.30. The van der Waals surface area contributed by atoms with E-state index in [1.54, 1.807) is 0 Å². The first-order valence-corrected chi connectivity index (χ1v) is 3.62. The van der Waals surface area contributed by atoms with Crippen LogP contribution in [0.15, 0.2) is 12.1 Å². The van der Waals surface area contributed by atoms with Crippen molar-refractivity contribution in [3.05, 3.63) is 22.7 Å². The molecular formula is C7H6ClF3N2. The molecule has 0 amide bonds. The molecule has 0 aliphatic rings. The summed E-state index contributed by atoms with van der Waals surface area (Å²) in [6, 6.07) is 1.87. The lowest BCUT2D eigenvalue weighted by Gasteiger charge is -2.11. The minimum absolute atomic E-state index is 0.0398. The molecule has 0 unspecified atom stereocenters. The molecule has 0 atom stereocenters. The summed E-state index contributed by atoms with van der Waals surface area (Å²) in [5.74, 6) is 0. The third kappa shape index (κ3) is 1.80. The Hall–Kier alpha value is -1.10. The van der Waals surface area contributed by atoms with Crippen molar-refractivity contribution in [1.29, 1.82) is 0 Å². The van der Waals surface area contributed by atoms with E-state index in [4.69, 9.17) is 23.1 Å². The van der Waals surface area contributed by atoms with Gasteiger partial charge in [-0.1, -0.05) is 11.6 Å². The fraction of sp³-hybridized carbons (Fsp3) is 0.143. The number of hydrogen-bond donors (Lipinski definition) is 2. The van der Waals surface area contributed by atoms with Crippen molar-refractivity contribution in [1.82, 2.24) is 0 Å². The second-order valence-corrected chi connectivity index (χ2v) is 2.81. The van der Waals surface area contributed by atoms with Crippen molar-refractivity contribution < 1.29 is 13.2 Å². The SMILES string of the molecule is Nc1ccc(C(F)(F)F)c(Cl)c1N. The van der Waals surface area contributed by atoms with Crippen molar-refractivity contribution >= 4 is 23.0 Å². The van der Waals surface area contributed by atoms with E-state index in [1.165, 1.54) is 0 Å². The van der Waals surface area contributed by atoms with Gasteiger partial charge in [0.15, 0.2) is 0 Å². The minimum Gasteiger partial charge on any atom is -0.397 e. The molecule has 4 N–H and O–H groups in total. The summed E-state index contributed by atoms with van der Waals surface area (Å²) in [6.45, 7) is 0. The highest BCUT2D eigenvalue weighted by Crippen LogP contribution is 2.39. The number of benzene rings is 1. The van der Waals surface area contributed by atoms with Crippen LogP contribution in [0.4, 0.5) is 24.5 Å². The molecule has 1 rings (SSSR count). The highest BCUT2D eigenvalue weighted by molar-refractivity contribution is 6.34. The zero-order valence-corrected chi connectivity index (χ0v) is 7.08. The maximum Gasteiger partial charge on any atom is 0.417 e. The average molecular weight is 211 g/mol. The molecule has 13 heavy (non-hydrogen) atoms. The van der Waals surface area contributed by atoms with Crippen LogP contribution in [-0.4, -0.2) is 0 Å². The van der Waals surface area contributed by atoms with Gasteiger partial charge >= 0.3 is 6.18 Å². The van der Waals surface area contributed by atoms with Gasteiger partial charge in [0, 0.05) is 0 Å². The van der Waals surface area contributed by atoms with Gasteiger partial charge in [-0.25, -0.2) is 0 Å². The highest BCUT2D eigenvalue weighted by atomic mass is 35.5. The van der Waals surface area contributed by atoms with Gasteiger partial charge in [-0.15, -0.1) is 0 Å². The van der Waals surface area contributed by atoms with Gasteiger partial charge in [0.2, 0.25) is 0 Å². The smallest absolute Gasteiger partial charge is 0.397 e. The molecule has 0 aromatic heterocycles.